The number of carbonyl (C=O) groups excluding carboxylic acids is 1. The molecule has 0 aromatic heterocycles. The van der Waals surface area contributed by atoms with Gasteiger partial charge in [0.2, 0.25) is 5.91 Å². The van der Waals surface area contributed by atoms with Crippen LogP contribution in [0, 0.1) is 0 Å². The van der Waals surface area contributed by atoms with Gasteiger partial charge >= 0.3 is 0 Å². The van der Waals surface area contributed by atoms with E-state index in [1.165, 1.54) is 5.41 Å². The number of rotatable bonds is 9. The van der Waals surface area contributed by atoms with Crippen LogP contribution in [-0.4, -0.2) is 88.9 Å². The monoisotopic (exact) mass is 626 g/mol. The summed E-state index contributed by atoms with van der Waals surface area (Å²) in [6, 6.07) is 23.2. The average molecular weight is 628 g/mol. The van der Waals surface area contributed by atoms with Crippen LogP contribution in [0.1, 0.15) is 22.7 Å². The summed E-state index contributed by atoms with van der Waals surface area (Å²) < 4.78 is 26.4. The van der Waals surface area contributed by atoms with Crippen molar-refractivity contribution in [3.8, 4) is 0 Å². The van der Waals surface area contributed by atoms with Gasteiger partial charge in [-0.25, -0.2) is 8.42 Å². The number of likely N-dealkylation sites (tertiary alicyclic amines) is 1. The maximum absolute atomic E-state index is 13.2. The van der Waals surface area contributed by atoms with E-state index in [0.717, 1.165) is 41.0 Å². The summed E-state index contributed by atoms with van der Waals surface area (Å²) in [5.74, 6) is 0.0819. The van der Waals surface area contributed by atoms with Crippen molar-refractivity contribution in [1.29, 1.82) is 0 Å². The lowest BCUT2D eigenvalue weighted by molar-refractivity contribution is -0.132. The molecule has 5 rings (SSSR count). The highest BCUT2D eigenvalue weighted by atomic mass is 35.5. The number of carbonyl (C=O) groups is 1. The highest BCUT2D eigenvalue weighted by Gasteiger charge is 2.31. The van der Waals surface area contributed by atoms with Crippen molar-refractivity contribution in [3.63, 3.8) is 0 Å². The molecule has 3 aromatic rings. The Morgan fingerprint density at radius 3 is 2.00 bits per heavy atom. The second-order valence-electron chi connectivity index (χ2n) is 11.3. The summed E-state index contributed by atoms with van der Waals surface area (Å²) >= 11 is 12.3. The molecule has 0 atom stereocenters. The molecule has 42 heavy (non-hydrogen) atoms. The van der Waals surface area contributed by atoms with E-state index in [2.05, 4.69) is 9.80 Å². The Hall–Kier alpha value is -2.88. The summed E-state index contributed by atoms with van der Waals surface area (Å²) in [4.78, 5) is 20.6. The molecular weight excluding hydrogens is 591 g/mol. The van der Waals surface area contributed by atoms with Crippen LogP contribution in [0.4, 0.5) is 5.69 Å². The Balaban J connectivity index is 1.22. The zero-order valence-electron chi connectivity index (χ0n) is 23.9. The van der Waals surface area contributed by atoms with Crippen molar-refractivity contribution in [2.75, 3.05) is 64.8 Å². The first-order valence-corrected chi connectivity index (χ1v) is 16.5. The quantitative estimate of drug-likeness (QED) is 0.329. The maximum atomic E-state index is 13.2. The van der Waals surface area contributed by atoms with E-state index in [1.54, 1.807) is 0 Å². The third kappa shape index (κ3) is 7.74. The molecule has 0 radical (unpaired) electrons. The summed E-state index contributed by atoms with van der Waals surface area (Å²) in [5, 5.41) is 2.79. The van der Waals surface area contributed by atoms with E-state index in [9.17, 15) is 13.2 Å². The van der Waals surface area contributed by atoms with E-state index >= 15 is 0 Å². The van der Waals surface area contributed by atoms with Crippen molar-refractivity contribution in [1.82, 2.24) is 14.7 Å². The number of anilines is 1. The van der Waals surface area contributed by atoms with E-state index < -0.39 is 9.84 Å². The predicted molar refractivity (Wildman–Crippen MR) is 171 cm³/mol. The van der Waals surface area contributed by atoms with E-state index in [1.807, 2.05) is 96.7 Å². The summed E-state index contributed by atoms with van der Waals surface area (Å²) in [6.07, 6.45) is 0. The van der Waals surface area contributed by atoms with Gasteiger partial charge < -0.3 is 14.7 Å². The molecule has 0 bridgehead atoms. The third-order valence-corrected chi connectivity index (χ3v) is 9.55. The van der Waals surface area contributed by atoms with Gasteiger partial charge in [-0.3, -0.25) is 9.69 Å². The fourth-order valence-electron chi connectivity index (χ4n) is 5.59. The molecule has 2 fully saturated rings. The van der Waals surface area contributed by atoms with E-state index in [0.29, 0.717) is 42.8 Å². The molecule has 0 unspecified atom stereocenters. The Labute approximate surface area is 258 Å². The number of halogens is 2. The molecule has 2 aliphatic rings. The minimum atomic E-state index is -3.46. The van der Waals surface area contributed by atoms with Crippen LogP contribution in [0.15, 0.2) is 83.8 Å². The number of sulfone groups is 1. The van der Waals surface area contributed by atoms with Gasteiger partial charge in [0, 0.05) is 60.4 Å². The molecule has 222 valence electrons. The standard InChI is InChI=1S/C32H36Cl2N4O3S/c1-35(2)21-31(39)37-16-14-36(15-17-37)30-5-3-4-24(18-30)22-42(40,41)23-25-19-38(20-25)32(26-6-10-28(33)11-7-26)27-8-12-29(34)13-9-27/h3-13,18,23,32H,14-17,19-22H2,1-2H3. The van der Waals surface area contributed by atoms with Crippen LogP contribution >= 0.6 is 23.2 Å². The van der Waals surface area contributed by atoms with Crippen LogP contribution in [0.25, 0.3) is 0 Å². The largest absolute Gasteiger partial charge is 0.368 e. The van der Waals surface area contributed by atoms with Crippen molar-refractivity contribution in [3.05, 3.63) is 111 Å². The highest BCUT2D eigenvalue weighted by Crippen LogP contribution is 2.35. The molecule has 2 aliphatic heterocycles. The van der Waals surface area contributed by atoms with Crippen LogP contribution in [0.2, 0.25) is 10.0 Å². The maximum Gasteiger partial charge on any atom is 0.236 e. The Kier molecular flexibility index (Phi) is 9.60. The molecule has 2 saturated heterocycles. The molecular formula is C32H36Cl2N4O3S. The summed E-state index contributed by atoms with van der Waals surface area (Å²) in [7, 11) is 0.323. The smallest absolute Gasteiger partial charge is 0.236 e. The lowest BCUT2D eigenvalue weighted by Crippen LogP contribution is -2.50. The van der Waals surface area contributed by atoms with Gasteiger partial charge in [0.15, 0.2) is 9.84 Å². The number of hydrogen-bond acceptors (Lipinski definition) is 6. The predicted octanol–water partition coefficient (Wildman–Crippen LogP) is 5.11. The molecule has 0 aliphatic carbocycles. The molecule has 10 heteroatoms. The molecule has 0 N–H and O–H groups in total. The van der Waals surface area contributed by atoms with Gasteiger partial charge in [0.1, 0.15) is 0 Å². The van der Waals surface area contributed by atoms with Crippen molar-refractivity contribution >= 4 is 44.6 Å². The lowest BCUT2D eigenvalue weighted by Gasteiger charge is -2.41. The van der Waals surface area contributed by atoms with Gasteiger partial charge in [-0.1, -0.05) is 59.6 Å². The SMILES string of the molecule is CN(C)CC(=O)N1CCN(c2cccc(CS(=O)(=O)C=C3CN(C(c4ccc(Cl)cc4)c4ccc(Cl)cc4)C3)c2)CC1. The fourth-order valence-corrected chi connectivity index (χ4v) is 7.23. The van der Waals surface area contributed by atoms with Crippen LogP contribution < -0.4 is 4.90 Å². The summed E-state index contributed by atoms with van der Waals surface area (Å²) in [5.41, 5.74) is 4.80. The summed E-state index contributed by atoms with van der Waals surface area (Å²) in [6.45, 7) is 4.28. The number of piperazine rings is 1. The zero-order chi connectivity index (χ0) is 29.9. The zero-order valence-corrected chi connectivity index (χ0v) is 26.2. The lowest BCUT2D eigenvalue weighted by atomic mass is 9.93. The number of benzene rings is 3. The Bertz CT molecular complexity index is 1480. The third-order valence-electron chi connectivity index (χ3n) is 7.62. The highest BCUT2D eigenvalue weighted by molar-refractivity contribution is 7.93. The first-order chi connectivity index (χ1) is 20.1. The van der Waals surface area contributed by atoms with Crippen LogP contribution in [0.3, 0.4) is 0 Å². The second kappa shape index (κ2) is 13.2. The number of nitrogens with zero attached hydrogens (tertiary/aromatic N) is 4. The van der Waals surface area contributed by atoms with Crippen molar-refractivity contribution in [2.24, 2.45) is 0 Å². The first-order valence-electron chi connectivity index (χ1n) is 14.0. The van der Waals surface area contributed by atoms with Gasteiger partial charge in [0.25, 0.3) is 0 Å². The van der Waals surface area contributed by atoms with Crippen molar-refractivity contribution in [2.45, 2.75) is 11.8 Å². The van der Waals surface area contributed by atoms with Crippen LogP contribution in [-0.2, 0) is 20.4 Å². The molecule has 0 saturated carbocycles. The number of hydrogen-bond donors (Lipinski definition) is 0. The van der Waals surface area contributed by atoms with Crippen LogP contribution in [0.5, 0.6) is 0 Å². The molecule has 7 nitrogen and oxygen atoms in total. The number of likely N-dealkylation sites (N-methyl/N-ethyl adjacent to an activating group) is 1. The van der Waals surface area contributed by atoms with Gasteiger partial charge in [-0.15, -0.1) is 0 Å². The van der Waals surface area contributed by atoms with E-state index in [4.69, 9.17) is 23.2 Å². The molecule has 1 amide bonds. The molecule has 0 spiro atoms. The van der Waals surface area contributed by atoms with Crippen molar-refractivity contribution < 1.29 is 13.2 Å². The Morgan fingerprint density at radius 1 is 0.881 bits per heavy atom. The Morgan fingerprint density at radius 2 is 1.45 bits per heavy atom. The number of amides is 1. The van der Waals surface area contributed by atoms with Gasteiger partial charge in [-0.05, 0) is 72.8 Å². The average Bonchev–Trinajstić information content (AvgIpc) is 2.93. The first kappa shape index (κ1) is 30.6. The molecule has 3 aromatic carbocycles. The van der Waals surface area contributed by atoms with Gasteiger partial charge in [-0.2, -0.15) is 0 Å². The molecule has 2 heterocycles. The second-order valence-corrected chi connectivity index (χ2v) is 14.0. The van der Waals surface area contributed by atoms with E-state index in [-0.39, 0.29) is 17.7 Å². The normalized spacial score (nSPS) is 16.2. The fraction of sp³-hybridized carbons (Fsp3) is 0.344. The minimum Gasteiger partial charge on any atom is -0.368 e. The van der Waals surface area contributed by atoms with Gasteiger partial charge in [0.05, 0.1) is 18.3 Å². The minimum absolute atomic E-state index is 0.0327. The topological polar surface area (TPSA) is 64.2 Å².